The van der Waals surface area contributed by atoms with Gasteiger partial charge in [0.05, 0.1) is 19.1 Å². The van der Waals surface area contributed by atoms with Gasteiger partial charge >= 0.3 is 0 Å². The second-order valence-electron chi connectivity index (χ2n) is 5.56. The summed E-state index contributed by atoms with van der Waals surface area (Å²) < 4.78 is 0. The number of benzene rings is 1. The van der Waals surface area contributed by atoms with E-state index >= 15 is 0 Å². The zero-order valence-electron chi connectivity index (χ0n) is 13.0. The van der Waals surface area contributed by atoms with Crippen molar-refractivity contribution >= 4 is 17.5 Å². The third-order valence-corrected chi connectivity index (χ3v) is 3.85. The molecule has 2 rings (SSSR count). The molecule has 0 aromatic heterocycles. The monoisotopic (exact) mass is 304 g/mol. The maximum atomic E-state index is 11.8. The van der Waals surface area contributed by atoms with E-state index in [1.807, 2.05) is 19.1 Å². The molecule has 1 unspecified atom stereocenters. The maximum Gasteiger partial charge on any atom is 0.239 e. The molecular weight excluding hydrogens is 280 g/mol. The van der Waals surface area contributed by atoms with Crippen molar-refractivity contribution < 1.29 is 9.59 Å². The lowest BCUT2D eigenvalue weighted by molar-refractivity contribution is -0.125. The fourth-order valence-electron chi connectivity index (χ4n) is 2.59. The predicted molar refractivity (Wildman–Crippen MR) is 86.5 cm³/mol. The fraction of sp³-hybridized carbons (Fsp3) is 0.500. The maximum absolute atomic E-state index is 11.8. The minimum Gasteiger partial charge on any atom is -0.372 e. The van der Waals surface area contributed by atoms with Gasteiger partial charge in [-0.05, 0) is 37.5 Å². The molecule has 0 aliphatic carbocycles. The van der Waals surface area contributed by atoms with Crippen LogP contribution in [0.15, 0.2) is 24.3 Å². The van der Waals surface area contributed by atoms with Crippen molar-refractivity contribution in [1.29, 1.82) is 0 Å². The Hall–Kier alpha value is -2.08. The Morgan fingerprint density at radius 2 is 2.00 bits per heavy atom. The minimum absolute atomic E-state index is 0.0494. The molecule has 22 heavy (non-hydrogen) atoms. The van der Waals surface area contributed by atoms with Crippen LogP contribution in [0.1, 0.15) is 31.4 Å². The van der Waals surface area contributed by atoms with Crippen LogP contribution in [-0.4, -0.2) is 38.0 Å². The average Bonchev–Trinajstić information content (AvgIpc) is 3.07. The van der Waals surface area contributed by atoms with Gasteiger partial charge in [0.15, 0.2) is 0 Å². The second kappa shape index (κ2) is 7.79. The normalized spacial score (nSPS) is 15.5. The Balaban J connectivity index is 1.91. The summed E-state index contributed by atoms with van der Waals surface area (Å²) in [4.78, 5) is 25.2. The molecule has 0 radical (unpaired) electrons. The molecule has 1 heterocycles. The third-order valence-electron chi connectivity index (χ3n) is 3.85. The number of hydrogen-bond donors (Lipinski definition) is 3. The molecule has 1 atom stereocenters. The first-order valence-electron chi connectivity index (χ1n) is 7.71. The van der Waals surface area contributed by atoms with Gasteiger partial charge in [0.1, 0.15) is 0 Å². The van der Waals surface area contributed by atoms with Crippen LogP contribution in [0.2, 0.25) is 0 Å². The number of nitrogens with one attached hydrogen (secondary N) is 2. The highest BCUT2D eigenvalue weighted by Gasteiger charge is 2.15. The molecule has 6 heteroatoms. The number of nitrogens with zero attached hydrogens (tertiary/aromatic N) is 1. The standard InChI is InChI=1S/C16H24N4O2/c1-12(19-16(22)11-18-15(21)10-17)13-5-4-6-14(9-13)20-7-2-3-8-20/h4-6,9,12H,2-3,7-8,10-11,17H2,1H3,(H,18,21)(H,19,22). The zero-order chi connectivity index (χ0) is 15.9. The molecule has 1 aromatic carbocycles. The van der Waals surface area contributed by atoms with E-state index in [1.54, 1.807) is 0 Å². The van der Waals surface area contributed by atoms with E-state index in [4.69, 9.17) is 5.73 Å². The molecule has 0 spiro atoms. The van der Waals surface area contributed by atoms with E-state index in [9.17, 15) is 9.59 Å². The minimum atomic E-state index is -0.334. The van der Waals surface area contributed by atoms with Crippen molar-refractivity contribution in [2.45, 2.75) is 25.8 Å². The Morgan fingerprint density at radius 1 is 1.27 bits per heavy atom. The summed E-state index contributed by atoms with van der Waals surface area (Å²) in [5, 5.41) is 5.34. The molecule has 1 fully saturated rings. The summed E-state index contributed by atoms with van der Waals surface area (Å²) in [6, 6.07) is 8.13. The number of amides is 2. The summed E-state index contributed by atoms with van der Waals surface area (Å²) in [5.41, 5.74) is 7.44. The molecular formula is C16H24N4O2. The van der Waals surface area contributed by atoms with Gasteiger partial charge in [-0.25, -0.2) is 0 Å². The van der Waals surface area contributed by atoms with Crippen LogP contribution in [0, 0.1) is 0 Å². The van der Waals surface area contributed by atoms with E-state index in [1.165, 1.54) is 18.5 Å². The Kier molecular flexibility index (Phi) is 5.77. The highest BCUT2D eigenvalue weighted by Crippen LogP contribution is 2.23. The lowest BCUT2D eigenvalue weighted by Gasteiger charge is -2.20. The first-order chi connectivity index (χ1) is 10.6. The number of carbonyl (C=O) groups excluding carboxylic acids is 2. The summed E-state index contributed by atoms with van der Waals surface area (Å²) in [5.74, 6) is -0.556. The van der Waals surface area contributed by atoms with Crippen LogP contribution in [0.5, 0.6) is 0 Å². The first kappa shape index (κ1) is 16.3. The summed E-state index contributed by atoms with van der Waals surface area (Å²) in [7, 11) is 0. The highest BCUT2D eigenvalue weighted by molar-refractivity contribution is 5.85. The summed E-state index contributed by atoms with van der Waals surface area (Å²) in [6.45, 7) is 3.96. The number of nitrogens with two attached hydrogens (primary N) is 1. The largest absolute Gasteiger partial charge is 0.372 e. The van der Waals surface area contributed by atoms with Gasteiger partial charge in [0, 0.05) is 18.8 Å². The molecule has 1 saturated heterocycles. The van der Waals surface area contributed by atoms with Crippen LogP contribution < -0.4 is 21.3 Å². The second-order valence-corrected chi connectivity index (χ2v) is 5.56. The van der Waals surface area contributed by atoms with Crippen molar-refractivity contribution in [1.82, 2.24) is 10.6 Å². The van der Waals surface area contributed by atoms with Crippen molar-refractivity contribution in [3.05, 3.63) is 29.8 Å². The quantitative estimate of drug-likeness (QED) is 0.716. The molecule has 1 aromatic rings. The molecule has 0 saturated carbocycles. The van der Waals surface area contributed by atoms with E-state index in [-0.39, 0.29) is 30.9 Å². The van der Waals surface area contributed by atoms with Crippen molar-refractivity contribution in [2.75, 3.05) is 31.1 Å². The summed E-state index contributed by atoms with van der Waals surface area (Å²) >= 11 is 0. The van der Waals surface area contributed by atoms with Gasteiger partial charge in [-0.3, -0.25) is 9.59 Å². The highest BCUT2D eigenvalue weighted by atomic mass is 16.2. The van der Waals surface area contributed by atoms with Crippen LogP contribution in [0.4, 0.5) is 5.69 Å². The average molecular weight is 304 g/mol. The van der Waals surface area contributed by atoms with E-state index in [0.717, 1.165) is 18.7 Å². The van der Waals surface area contributed by atoms with Gasteiger partial charge < -0.3 is 21.3 Å². The number of hydrogen-bond acceptors (Lipinski definition) is 4. The van der Waals surface area contributed by atoms with Crippen molar-refractivity contribution in [2.24, 2.45) is 5.73 Å². The number of rotatable bonds is 6. The third kappa shape index (κ3) is 4.46. The van der Waals surface area contributed by atoms with Gasteiger partial charge in [0.2, 0.25) is 11.8 Å². The first-order valence-corrected chi connectivity index (χ1v) is 7.71. The van der Waals surface area contributed by atoms with Gasteiger partial charge in [-0.1, -0.05) is 12.1 Å². The van der Waals surface area contributed by atoms with Gasteiger partial charge in [-0.15, -0.1) is 0 Å². The molecule has 4 N–H and O–H groups in total. The Labute approximate surface area is 131 Å². The zero-order valence-corrected chi connectivity index (χ0v) is 13.0. The number of carbonyl (C=O) groups is 2. The van der Waals surface area contributed by atoms with Crippen LogP contribution in [0.3, 0.4) is 0 Å². The molecule has 2 amide bonds. The van der Waals surface area contributed by atoms with E-state index in [0.29, 0.717) is 0 Å². The van der Waals surface area contributed by atoms with Crippen molar-refractivity contribution in [3.63, 3.8) is 0 Å². The molecule has 120 valence electrons. The molecule has 6 nitrogen and oxygen atoms in total. The fourth-order valence-corrected chi connectivity index (χ4v) is 2.59. The summed E-state index contributed by atoms with van der Waals surface area (Å²) in [6.07, 6.45) is 2.47. The van der Waals surface area contributed by atoms with Gasteiger partial charge in [-0.2, -0.15) is 0 Å². The van der Waals surface area contributed by atoms with Crippen LogP contribution in [0.25, 0.3) is 0 Å². The van der Waals surface area contributed by atoms with E-state index < -0.39 is 0 Å². The smallest absolute Gasteiger partial charge is 0.239 e. The van der Waals surface area contributed by atoms with E-state index in [2.05, 4.69) is 27.7 Å². The SMILES string of the molecule is CC(NC(=O)CNC(=O)CN)c1cccc(N2CCCC2)c1. The lowest BCUT2D eigenvalue weighted by atomic mass is 10.1. The topological polar surface area (TPSA) is 87.5 Å². The molecule has 1 aliphatic heterocycles. The lowest BCUT2D eigenvalue weighted by Crippen LogP contribution is -2.40. The molecule has 1 aliphatic rings. The van der Waals surface area contributed by atoms with Crippen LogP contribution >= 0.6 is 0 Å². The Bertz CT molecular complexity index is 527. The molecule has 0 bridgehead atoms. The Morgan fingerprint density at radius 3 is 2.68 bits per heavy atom. The van der Waals surface area contributed by atoms with Crippen molar-refractivity contribution in [3.8, 4) is 0 Å². The van der Waals surface area contributed by atoms with Gasteiger partial charge in [0.25, 0.3) is 0 Å². The van der Waals surface area contributed by atoms with Crippen LogP contribution in [-0.2, 0) is 9.59 Å². The number of anilines is 1. The predicted octanol–water partition coefficient (Wildman–Crippen LogP) is 0.539.